The minimum absolute atomic E-state index is 0.210. The van der Waals surface area contributed by atoms with Crippen LogP contribution in [0.25, 0.3) is 0 Å². The molecule has 2 aromatic carbocycles. The molecule has 0 aliphatic carbocycles. The molecule has 0 radical (unpaired) electrons. The second-order valence-corrected chi connectivity index (χ2v) is 8.24. The van der Waals surface area contributed by atoms with Crippen molar-refractivity contribution >= 4 is 27.3 Å². The summed E-state index contributed by atoms with van der Waals surface area (Å²) in [6.45, 7) is 5.42. The number of rotatable bonds is 6. The van der Waals surface area contributed by atoms with Crippen molar-refractivity contribution in [2.75, 3.05) is 43.5 Å². The van der Waals surface area contributed by atoms with E-state index in [1.807, 2.05) is 24.3 Å². The SMILES string of the molecule is C=CC(=O)Nc1ccc(S(=O)(=O)N2CCN(c3ccc(OC)cc3)CC2)cc1. The van der Waals surface area contributed by atoms with Crippen LogP contribution < -0.4 is 15.0 Å². The molecule has 0 atom stereocenters. The summed E-state index contributed by atoms with van der Waals surface area (Å²) in [6.07, 6.45) is 1.16. The number of nitrogens with one attached hydrogen (secondary N) is 1. The van der Waals surface area contributed by atoms with Crippen molar-refractivity contribution < 1.29 is 17.9 Å². The highest BCUT2D eigenvalue weighted by molar-refractivity contribution is 7.89. The van der Waals surface area contributed by atoms with Gasteiger partial charge in [-0.15, -0.1) is 0 Å². The standard InChI is InChI=1S/C20H23N3O4S/c1-3-20(24)21-16-4-10-19(11-5-16)28(25,26)23-14-12-22(13-15-23)17-6-8-18(27-2)9-7-17/h3-11H,1,12-15H2,2H3,(H,21,24). The number of anilines is 2. The first-order valence-electron chi connectivity index (χ1n) is 8.86. The van der Waals surface area contributed by atoms with Crippen molar-refractivity contribution in [1.82, 2.24) is 4.31 Å². The second kappa shape index (κ2) is 8.45. The number of methoxy groups -OCH3 is 1. The molecule has 3 rings (SSSR count). The monoisotopic (exact) mass is 401 g/mol. The molecule has 1 N–H and O–H groups in total. The van der Waals surface area contributed by atoms with Crippen LogP contribution in [0, 0.1) is 0 Å². The predicted molar refractivity (Wildman–Crippen MR) is 109 cm³/mol. The molecule has 1 fully saturated rings. The number of amides is 1. The van der Waals surface area contributed by atoms with Gasteiger partial charge in [-0.05, 0) is 54.6 Å². The molecule has 0 spiro atoms. The van der Waals surface area contributed by atoms with Gasteiger partial charge >= 0.3 is 0 Å². The molecule has 0 bridgehead atoms. The molecular formula is C20H23N3O4S. The number of carbonyl (C=O) groups is 1. The maximum absolute atomic E-state index is 12.9. The maximum atomic E-state index is 12.9. The molecule has 1 amide bonds. The zero-order valence-electron chi connectivity index (χ0n) is 15.7. The Labute approximate surface area is 165 Å². The Hall–Kier alpha value is -2.84. The van der Waals surface area contributed by atoms with Gasteiger partial charge < -0.3 is 15.0 Å². The number of hydrogen-bond donors (Lipinski definition) is 1. The van der Waals surface area contributed by atoms with Gasteiger partial charge in [-0.2, -0.15) is 4.31 Å². The molecule has 1 aliphatic heterocycles. The number of piperazine rings is 1. The Morgan fingerprint density at radius 1 is 1.04 bits per heavy atom. The molecule has 148 valence electrons. The van der Waals surface area contributed by atoms with E-state index in [1.54, 1.807) is 19.2 Å². The van der Waals surface area contributed by atoms with Gasteiger partial charge in [-0.1, -0.05) is 6.58 Å². The third-order valence-corrected chi connectivity index (χ3v) is 6.53. The summed E-state index contributed by atoms with van der Waals surface area (Å²) < 4.78 is 32.4. The molecule has 0 aromatic heterocycles. The average molecular weight is 401 g/mol. The van der Waals surface area contributed by atoms with E-state index in [0.29, 0.717) is 31.9 Å². The Morgan fingerprint density at radius 2 is 1.64 bits per heavy atom. The molecule has 8 heteroatoms. The quantitative estimate of drug-likeness (QED) is 0.752. The van der Waals surface area contributed by atoms with Crippen molar-refractivity contribution in [2.45, 2.75) is 4.90 Å². The topological polar surface area (TPSA) is 79.0 Å². The Bertz CT molecular complexity index is 932. The molecule has 2 aromatic rings. The number of nitrogens with zero attached hydrogens (tertiary/aromatic N) is 2. The van der Waals surface area contributed by atoms with E-state index in [9.17, 15) is 13.2 Å². The molecule has 1 heterocycles. The summed E-state index contributed by atoms with van der Waals surface area (Å²) >= 11 is 0. The summed E-state index contributed by atoms with van der Waals surface area (Å²) in [7, 11) is -1.95. The fraction of sp³-hybridized carbons (Fsp3) is 0.250. The van der Waals surface area contributed by atoms with Crippen LogP contribution in [0.2, 0.25) is 0 Å². The van der Waals surface area contributed by atoms with Crippen LogP contribution in [0.15, 0.2) is 66.1 Å². The van der Waals surface area contributed by atoms with Crippen molar-refractivity contribution in [3.8, 4) is 5.75 Å². The smallest absolute Gasteiger partial charge is 0.247 e. The first kappa shape index (κ1) is 19.9. The number of sulfonamides is 1. The lowest BCUT2D eigenvalue weighted by Gasteiger charge is -2.35. The van der Waals surface area contributed by atoms with Crippen molar-refractivity contribution in [3.63, 3.8) is 0 Å². The van der Waals surface area contributed by atoms with E-state index in [2.05, 4.69) is 16.8 Å². The summed E-state index contributed by atoms with van der Waals surface area (Å²) in [5, 5.41) is 2.60. The van der Waals surface area contributed by atoms with E-state index in [1.165, 1.54) is 16.4 Å². The Morgan fingerprint density at radius 3 is 2.18 bits per heavy atom. The highest BCUT2D eigenvalue weighted by Gasteiger charge is 2.28. The van der Waals surface area contributed by atoms with E-state index in [4.69, 9.17) is 4.74 Å². The van der Waals surface area contributed by atoms with Gasteiger partial charge in [0.2, 0.25) is 15.9 Å². The predicted octanol–water partition coefficient (Wildman–Crippen LogP) is 2.33. The van der Waals surface area contributed by atoms with Crippen molar-refractivity contribution in [2.24, 2.45) is 0 Å². The third kappa shape index (κ3) is 4.35. The fourth-order valence-electron chi connectivity index (χ4n) is 3.03. The van der Waals surface area contributed by atoms with Gasteiger partial charge in [-0.3, -0.25) is 4.79 Å². The van der Waals surface area contributed by atoms with Crippen LogP contribution in [-0.2, 0) is 14.8 Å². The van der Waals surface area contributed by atoms with Gasteiger partial charge in [0.15, 0.2) is 0 Å². The highest BCUT2D eigenvalue weighted by Crippen LogP contribution is 2.24. The molecule has 1 aliphatic rings. The van der Waals surface area contributed by atoms with Crippen LogP contribution in [0.1, 0.15) is 0 Å². The third-order valence-electron chi connectivity index (χ3n) is 4.62. The van der Waals surface area contributed by atoms with Gasteiger partial charge in [0.05, 0.1) is 12.0 Å². The average Bonchev–Trinajstić information content (AvgIpc) is 2.74. The van der Waals surface area contributed by atoms with E-state index in [-0.39, 0.29) is 10.8 Å². The van der Waals surface area contributed by atoms with Gasteiger partial charge in [0.25, 0.3) is 0 Å². The van der Waals surface area contributed by atoms with Gasteiger partial charge in [0.1, 0.15) is 5.75 Å². The maximum Gasteiger partial charge on any atom is 0.247 e. The van der Waals surface area contributed by atoms with Gasteiger partial charge in [-0.25, -0.2) is 8.42 Å². The summed E-state index contributed by atoms with van der Waals surface area (Å²) in [5.74, 6) is 0.447. The second-order valence-electron chi connectivity index (χ2n) is 6.31. The lowest BCUT2D eigenvalue weighted by atomic mass is 10.2. The molecule has 7 nitrogen and oxygen atoms in total. The normalized spacial score (nSPS) is 15.1. The summed E-state index contributed by atoms with van der Waals surface area (Å²) in [5.41, 5.74) is 1.56. The first-order valence-corrected chi connectivity index (χ1v) is 10.3. The van der Waals surface area contributed by atoms with E-state index < -0.39 is 10.0 Å². The minimum Gasteiger partial charge on any atom is -0.497 e. The van der Waals surface area contributed by atoms with E-state index >= 15 is 0 Å². The fourth-order valence-corrected chi connectivity index (χ4v) is 4.45. The lowest BCUT2D eigenvalue weighted by molar-refractivity contribution is -0.111. The van der Waals surface area contributed by atoms with Crippen LogP contribution in [0.4, 0.5) is 11.4 Å². The Kier molecular flexibility index (Phi) is 6.01. The van der Waals surface area contributed by atoms with Crippen LogP contribution in [0.3, 0.4) is 0 Å². The molecular weight excluding hydrogens is 378 g/mol. The number of hydrogen-bond acceptors (Lipinski definition) is 5. The number of ether oxygens (including phenoxy) is 1. The lowest BCUT2D eigenvalue weighted by Crippen LogP contribution is -2.48. The van der Waals surface area contributed by atoms with Crippen molar-refractivity contribution in [1.29, 1.82) is 0 Å². The van der Waals surface area contributed by atoms with Crippen molar-refractivity contribution in [3.05, 3.63) is 61.2 Å². The van der Waals surface area contributed by atoms with Crippen LogP contribution >= 0.6 is 0 Å². The summed E-state index contributed by atoms with van der Waals surface area (Å²) in [4.78, 5) is 13.7. The minimum atomic E-state index is -3.58. The number of benzene rings is 2. The first-order chi connectivity index (χ1) is 13.4. The zero-order chi connectivity index (χ0) is 20.1. The Balaban J connectivity index is 1.65. The molecule has 1 saturated heterocycles. The largest absolute Gasteiger partial charge is 0.497 e. The highest BCUT2D eigenvalue weighted by atomic mass is 32.2. The van der Waals surface area contributed by atoms with Crippen LogP contribution in [-0.4, -0.2) is 51.9 Å². The molecule has 28 heavy (non-hydrogen) atoms. The molecule has 0 unspecified atom stereocenters. The summed E-state index contributed by atoms with van der Waals surface area (Å²) in [6, 6.07) is 13.9. The molecule has 0 saturated carbocycles. The zero-order valence-corrected chi connectivity index (χ0v) is 16.5. The van der Waals surface area contributed by atoms with E-state index in [0.717, 1.165) is 17.5 Å². The number of carbonyl (C=O) groups excluding carboxylic acids is 1. The van der Waals surface area contributed by atoms with Crippen LogP contribution in [0.5, 0.6) is 5.75 Å². The van der Waals surface area contributed by atoms with Gasteiger partial charge in [0, 0.05) is 37.6 Å².